The fourth-order valence-corrected chi connectivity index (χ4v) is 3.14. The van der Waals surface area contributed by atoms with E-state index in [9.17, 15) is 4.79 Å². The van der Waals surface area contributed by atoms with Crippen molar-refractivity contribution in [1.29, 1.82) is 5.26 Å². The molecule has 0 radical (unpaired) electrons. The highest BCUT2D eigenvalue weighted by Crippen LogP contribution is 2.33. The van der Waals surface area contributed by atoms with E-state index in [0.29, 0.717) is 40.5 Å². The van der Waals surface area contributed by atoms with E-state index in [1.807, 2.05) is 31.2 Å². The highest BCUT2D eigenvalue weighted by molar-refractivity contribution is 5.80. The average molecular weight is 440 g/mol. The predicted octanol–water partition coefficient (Wildman–Crippen LogP) is 5.40. The number of hydrogen-bond acceptors (Lipinski definition) is 5. The minimum absolute atomic E-state index is 0.309. The summed E-state index contributed by atoms with van der Waals surface area (Å²) in [4.78, 5) is 20.4. The van der Waals surface area contributed by atoms with Crippen LogP contribution in [0, 0.1) is 11.3 Å². The molecule has 2 aromatic carbocycles. The Kier molecular flexibility index (Phi) is 8.38. The molecule has 166 valence electrons. The molecule has 6 heteroatoms. The summed E-state index contributed by atoms with van der Waals surface area (Å²) >= 11 is 0. The van der Waals surface area contributed by atoms with Crippen molar-refractivity contribution in [2.24, 2.45) is 0 Å². The maximum Gasteiger partial charge on any atom is 0.258 e. The summed E-state index contributed by atoms with van der Waals surface area (Å²) in [6.07, 6.45) is 7.69. The van der Waals surface area contributed by atoms with Crippen LogP contribution in [-0.4, -0.2) is 23.7 Å². The Morgan fingerprint density at radius 2 is 1.88 bits per heavy atom. The predicted molar refractivity (Wildman–Crippen MR) is 130 cm³/mol. The molecule has 3 aromatic rings. The van der Waals surface area contributed by atoms with Crippen molar-refractivity contribution in [2.75, 3.05) is 13.7 Å². The average Bonchev–Trinajstić information content (AvgIpc) is 2.85. The van der Waals surface area contributed by atoms with Crippen molar-refractivity contribution in [2.45, 2.75) is 13.3 Å². The van der Waals surface area contributed by atoms with Crippen LogP contribution >= 0.6 is 0 Å². The Bertz CT molecular complexity index is 1270. The Morgan fingerprint density at radius 1 is 1.06 bits per heavy atom. The Hall–Kier alpha value is -4.37. The minimum atomic E-state index is -0.309. The van der Waals surface area contributed by atoms with E-state index in [-0.39, 0.29) is 5.56 Å². The van der Waals surface area contributed by atoms with Crippen LogP contribution in [0.15, 0.2) is 77.9 Å². The molecule has 1 N–H and O–H groups in total. The summed E-state index contributed by atoms with van der Waals surface area (Å²) < 4.78 is 11.4. The molecule has 0 aliphatic carbocycles. The highest BCUT2D eigenvalue weighted by Gasteiger charge is 2.11. The van der Waals surface area contributed by atoms with Gasteiger partial charge in [-0.2, -0.15) is 5.26 Å². The highest BCUT2D eigenvalue weighted by atomic mass is 16.5. The maximum absolute atomic E-state index is 13.1. The van der Waals surface area contributed by atoms with Crippen molar-refractivity contribution in [1.82, 2.24) is 9.97 Å². The molecule has 6 nitrogen and oxygen atoms in total. The second-order valence-corrected chi connectivity index (χ2v) is 7.01. The Labute approximate surface area is 193 Å². The van der Waals surface area contributed by atoms with Crippen LogP contribution in [0.1, 0.15) is 30.2 Å². The zero-order valence-electron chi connectivity index (χ0n) is 18.6. The number of para-hydroxylation sites is 1. The number of ether oxygens (including phenoxy) is 2. The number of nitrogens with zero attached hydrogens (tertiary/aromatic N) is 2. The van der Waals surface area contributed by atoms with Gasteiger partial charge in [0.1, 0.15) is 0 Å². The molecular weight excluding hydrogens is 414 g/mol. The van der Waals surface area contributed by atoms with Gasteiger partial charge < -0.3 is 14.5 Å². The molecule has 33 heavy (non-hydrogen) atoms. The third-order valence-corrected chi connectivity index (χ3v) is 4.72. The van der Waals surface area contributed by atoms with Gasteiger partial charge >= 0.3 is 0 Å². The molecular formula is C27H25N3O3. The molecule has 0 saturated carbocycles. The van der Waals surface area contributed by atoms with Gasteiger partial charge in [-0.15, -0.1) is 0 Å². The zero-order valence-corrected chi connectivity index (χ0v) is 18.6. The smallest absolute Gasteiger partial charge is 0.258 e. The molecule has 1 aromatic heterocycles. The topological polar surface area (TPSA) is 88.0 Å². The summed E-state index contributed by atoms with van der Waals surface area (Å²) in [6.45, 7) is 2.59. The van der Waals surface area contributed by atoms with Gasteiger partial charge in [-0.25, -0.2) is 0 Å². The number of aromatic nitrogens is 2. The van der Waals surface area contributed by atoms with Crippen molar-refractivity contribution < 1.29 is 9.47 Å². The third kappa shape index (κ3) is 6.08. The monoisotopic (exact) mass is 439 g/mol. The molecule has 0 aliphatic rings. The van der Waals surface area contributed by atoms with Crippen molar-refractivity contribution in [3.63, 3.8) is 0 Å². The molecule has 0 saturated heterocycles. The molecule has 0 atom stereocenters. The van der Waals surface area contributed by atoms with Gasteiger partial charge in [-0.05, 0) is 54.5 Å². The van der Waals surface area contributed by atoms with Crippen molar-refractivity contribution in [3.8, 4) is 28.7 Å². The van der Waals surface area contributed by atoms with Gasteiger partial charge in [0.2, 0.25) is 0 Å². The fraction of sp³-hybridized carbons (Fsp3) is 0.148. The van der Waals surface area contributed by atoms with E-state index < -0.39 is 0 Å². The van der Waals surface area contributed by atoms with E-state index in [2.05, 4.69) is 16.0 Å². The fourth-order valence-electron chi connectivity index (χ4n) is 3.14. The second kappa shape index (κ2) is 11.9. The molecule has 1 heterocycles. The van der Waals surface area contributed by atoms with Crippen LogP contribution in [0.5, 0.6) is 11.5 Å². The van der Waals surface area contributed by atoms with Gasteiger partial charge in [0, 0.05) is 18.0 Å². The second-order valence-electron chi connectivity index (χ2n) is 7.01. The van der Waals surface area contributed by atoms with Crippen LogP contribution < -0.4 is 15.0 Å². The van der Waals surface area contributed by atoms with Crippen LogP contribution in [0.4, 0.5) is 0 Å². The van der Waals surface area contributed by atoms with Gasteiger partial charge in [0.25, 0.3) is 5.56 Å². The minimum Gasteiger partial charge on any atom is -0.493 e. The Balaban J connectivity index is 2.20. The Morgan fingerprint density at radius 3 is 2.61 bits per heavy atom. The SMILES string of the molecule is CCCOc1c(/C=C/c2nccccc[nH]c(=O)c2-c2ccc(C#N)cc2)cccc1OC. The quantitative estimate of drug-likeness (QED) is 0.532. The lowest BCUT2D eigenvalue weighted by atomic mass is 10.0. The van der Waals surface area contributed by atoms with E-state index in [1.165, 1.54) is 0 Å². The molecule has 0 bridgehead atoms. The summed E-state index contributed by atoms with van der Waals surface area (Å²) in [6, 6.07) is 19.8. The first-order valence-electron chi connectivity index (χ1n) is 10.6. The number of H-pyrrole nitrogens is 1. The van der Waals surface area contributed by atoms with Crippen LogP contribution in [-0.2, 0) is 0 Å². The zero-order chi connectivity index (χ0) is 23.5. The number of rotatable bonds is 7. The van der Waals surface area contributed by atoms with E-state index in [4.69, 9.17) is 14.7 Å². The first-order valence-corrected chi connectivity index (χ1v) is 10.6. The molecule has 0 spiro atoms. The molecule has 0 fully saturated rings. The molecule has 3 rings (SSSR count). The van der Waals surface area contributed by atoms with Crippen molar-refractivity contribution in [3.05, 3.63) is 100 Å². The van der Waals surface area contributed by atoms with Gasteiger partial charge in [-0.1, -0.05) is 37.3 Å². The van der Waals surface area contributed by atoms with E-state index in [0.717, 1.165) is 12.0 Å². The number of aromatic amines is 1. The maximum atomic E-state index is 13.1. The standard InChI is InChI=1S/C27H25N3O3/c1-3-18-33-26-22(8-7-9-24(26)32-2)14-15-23-25(21-12-10-20(19-28)11-13-21)27(31)30-17-6-4-5-16-29-23/h4-17H,3,18H2,1-2H3,(H,30,31)/b15-14+. The molecule has 0 aliphatic heterocycles. The first kappa shape index (κ1) is 23.3. The number of hydrogen-bond donors (Lipinski definition) is 1. The number of benzene rings is 2. The number of nitriles is 1. The van der Waals surface area contributed by atoms with Gasteiger partial charge in [0.05, 0.1) is 36.6 Å². The van der Waals surface area contributed by atoms with Crippen LogP contribution in [0.2, 0.25) is 0 Å². The lowest BCUT2D eigenvalue weighted by molar-refractivity contribution is 0.293. The van der Waals surface area contributed by atoms with Crippen molar-refractivity contribution >= 4 is 12.2 Å². The lowest BCUT2D eigenvalue weighted by Gasteiger charge is -2.12. The summed E-state index contributed by atoms with van der Waals surface area (Å²) in [5, 5.41) is 9.12. The summed E-state index contributed by atoms with van der Waals surface area (Å²) in [7, 11) is 1.60. The lowest BCUT2D eigenvalue weighted by Crippen LogP contribution is -2.08. The summed E-state index contributed by atoms with van der Waals surface area (Å²) in [5.74, 6) is 1.27. The number of nitrogens with one attached hydrogen (secondary N) is 1. The normalized spacial score (nSPS) is 10.3. The van der Waals surface area contributed by atoms with Crippen LogP contribution in [0.25, 0.3) is 23.3 Å². The first-order chi connectivity index (χ1) is 16.2. The van der Waals surface area contributed by atoms with Gasteiger partial charge in [0.15, 0.2) is 11.5 Å². The number of methoxy groups -OCH3 is 1. The molecule has 0 unspecified atom stereocenters. The van der Waals surface area contributed by atoms with E-state index >= 15 is 0 Å². The van der Waals surface area contributed by atoms with Crippen LogP contribution in [0.3, 0.4) is 0 Å². The van der Waals surface area contributed by atoms with E-state index in [1.54, 1.807) is 68.0 Å². The third-order valence-electron chi connectivity index (χ3n) is 4.72. The molecule has 0 amide bonds. The largest absolute Gasteiger partial charge is 0.493 e. The summed E-state index contributed by atoms with van der Waals surface area (Å²) in [5.41, 5.74) is 2.49. The van der Waals surface area contributed by atoms with Gasteiger partial charge in [-0.3, -0.25) is 9.78 Å².